The zero-order chi connectivity index (χ0) is 20.9. The number of carbonyl (C=O) groups is 1. The van der Waals surface area contributed by atoms with Crippen molar-refractivity contribution in [2.24, 2.45) is 11.3 Å². The van der Waals surface area contributed by atoms with Gasteiger partial charge in [-0.25, -0.2) is 4.79 Å². The molecule has 30 heavy (non-hydrogen) atoms. The third-order valence-electron chi connectivity index (χ3n) is 8.35. The van der Waals surface area contributed by atoms with Crippen LogP contribution >= 0.6 is 0 Å². The summed E-state index contributed by atoms with van der Waals surface area (Å²) in [5.74, 6) is -0.214. The van der Waals surface area contributed by atoms with Gasteiger partial charge >= 0.3 is 5.97 Å². The average molecular weight is 411 g/mol. The van der Waals surface area contributed by atoms with Gasteiger partial charge in [0.05, 0.1) is 5.56 Å². The maximum atomic E-state index is 11.9. The molecule has 3 fully saturated rings. The number of nitrogens with zero attached hydrogens (tertiary/aromatic N) is 2. The van der Waals surface area contributed by atoms with Crippen molar-refractivity contribution in [2.75, 3.05) is 26.3 Å². The number of rotatable bonds is 4. The zero-order valence-electron chi connectivity index (χ0n) is 18.3. The lowest BCUT2D eigenvalue weighted by molar-refractivity contribution is -0.104. The van der Waals surface area contributed by atoms with E-state index in [0.29, 0.717) is 22.9 Å². The Morgan fingerprint density at radius 1 is 1.13 bits per heavy atom. The first-order valence-corrected chi connectivity index (χ1v) is 11.6. The van der Waals surface area contributed by atoms with Gasteiger partial charge in [0.1, 0.15) is 0 Å². The zero-order valence-corrected chi connectivity index (χ0v) is 18.3. The van der Waals surface area contributed by atoms with E-state index in [-0.39, 0.29) is 0 Å². The Hall–Kier alpha value is -1.85. The number of fused-ring (bicyclic) bond motifs is 1. The maximum absolute atomic E-state index is 11.9. The number of hydrogen-bond donors (Lipinski definition) is 1. The highest BCUT2D eigenvalue weighted by Crippen LogP contribution is 2.45. The molecule has 0 unspecified atom stereocenters. The summed E-state index contributed by atoms with van der Waals surface area (Å²) in [4.78, 5) is 14.6. The molecular weight excluding hydrogens is 376 g/mol. The molecule has 1 spiro atoms. The Labute approximate surface area is 179 Å². The second kappa shape index (κ2) is 7.69. The SMILES string of the molecule is Cc1c(C(=O)O)c2ccccc2n1[C@H](C)C1CCC(N2CC3(CCOCC3)C2)CC1. The highest BCUT2D eigenvalue weighted by molar-refractivity contribution is 6.05. The molecular formula is C25H34N2O3. The van der Waals surface area contributed by atoms with Crippen molar-refractivity contribution in [3.05, 3.63) is 35.5 Å². The highest BCUT2D eigenvalue weighted by atomic mass is 16.5. The molecule has 5 heteroatoms. The average Bonchev–Trinajstić information content (AvgIpc) is 3.04. The van der Waals surface area contributed by atoms with E-state index >= 15 is 0 Å². The summed E-state index contributed by atoms with van der Waals surface area (Å²) < 4.78 is 7.86. The second-order valence-electron chi connectivity index (χ2n) is 9.98. The molecule has 1 aliphatic carbocycles. The molecule has 1 aromatic heterocycles. The first kappa shape index (κ1) is 20.1. The number of ether oxygens (including phenoxy) is 1. The van der Waals surface area contributed by atoms with Crippen molar-refractivity contribution in [2.45, 2.75) is 64.5 Å². The predicted octanol–water partition coefficient (Wildman–Crippen LogP) is 4.88. The van der Waals surface area contributed by atoms with Crippen LogP contribution in [0.5, 0.6) is 0 Å². The topological polar surface area (TPSA) is 54.7 Å². The van der Waals surface area contributed by atoms with Gasteiger partial charge < -0.3 is 14.4 Å². The molecule has 2 saturated heterocycles. The number of carboxylic acids is 1. The van der Waals surface area contributed by atoms with Crippen LogP contribution in [0.3, 0.4) is 0 Å². The Kier molecular flexibility index (Phi) is 5.14. The van der Waals surface area contributed by atoms with Gasteiger partial charge in [-0.05, 0) is 64.4 Å². The van der Waals surface area contributed by atoms with Crippen LogP contribution in [0.15, 0.2) is 24.3 Å². The summed E-state index contributed by atoms with van der Waals surface area (Å²) in [6.45, 7) is 8.69. The van der Waals surface area contributed by atoms with Crippen LogP contribution in [0.25, 0.3) is 10.9 Å². The molecule has 5 rings (SSSR count). The van der Waals surface area contributed by atoms with Crippen molar-refractivity contribution in [1.82, 2.24) is 9.47 Å². The lowest BCUT2D eigenvalue weighted by Crippen LogP contribution is -2.61. The summed E-state index contributed by atoms with van der Waals surface area (Å²) >= 11 is 0. The third kappa shape index (κ3) is 3.27. The largest absolute Gasteiger partial charge is 0.478 e. The summed E-state index contributed by atoms with van der Waals surface area (Å²) in [5.41, 5.74) is 2.97. The van der Waals surface area contributed by atoms with Crippen molar-refractivity contribution in [1.29, 1.82) is 0 Å². The Bertz CT molecular complexity index is 927. The summed E-state index contributed by atoms with van der Waals surface area (Å²) in [5, 5.41) is 10.6. The number of hydrogen-bond acceptors (Lipinski definition) is 3. The molecule has 2 aromatic rings. The van der Waals surface area contributed by atoms with Crippen molar-refractivity contribution < 1.29 is 14.6 Å². The minimum Gasteiger partial charge on any atom is -0.478 e. The minimum absolute atomic E-state index is 0.321. The van der Waals surface area contributed by atoms with Gasteiger partial charge in [0.15, 0.2) is 0 Å². The Balaban J connectivity index is 1.27. The number of para-hydroxylation sites is 1. The summed E-state index contributed by atoms with van der Waals surface area (Å²) in [7, 11) is 0. The van der Waals surface area contributed by atoms with Crippen molar-refractivity contribution in [3.8, 4) is 0 Å². The van der Waals surface area contributed by atoms with E-state index in [1.54, 1.807) is 0 Å². The highest BCUT2D eigenvalue weighted by Gasteiger charge is 2.46. The van der Waals surface area contributed by atoms with E-state index in [2.05, 4.69) is 22.5 Å². The minimum atomic E-state index is -0.821. The van der Waals surface area contributed by atoms with E-state index in [1.807, 2.05) is 25.1 Å². The van der Waals surface area contributed by atoms with Gasteiger partial charge in [0.25, 0.3) is 0 Å². The van der Waals surface area contributed by atoms with E-state index in [0.717, 1.165) is 35.9 Å². The molecule has 1 aromatic carbocycles. The molecule has 0 bridgehead atoms. The van der Waals surface area contributed by atoms with E-state index in [9.17, 15) is 9.90 Å². The number of carboxylic acid groups (broad SMARTS) is 1. The third-order valence-corrected chi connectivity index (χ3v) is 8.35. The van der Waals surface area contributed by atoms with Crippen LogP contribution in [-0.2, 0) is 4.74 Å². The van der Waals surface area contributed by atoms with Crippen molar-refractivity contribution in [3.63, 3.8) is 0 Å². The van der Waals surface area contributed by atoms with Crippen LogP contribution in [0.4, 0.5) is 0 Å². The van der Waals surface area contributed by atoms with Gasteiger partial charge in [-0.2, -0.15) is 0 Å². The maximum Gasteiger partial charge on any atom is 0.338 e. The fraction of sp³-hybridized carbons (Fsp3) is 0.640. The smallest absolute Gasteiger partial charge is 0.338 e. The molecule has 162 valence electrons. The summed E-state index contributed by atoms with van der Waals surface area (Å²) in [6, 6.07) is 9.03. The molecule has 3 aliphatic rings. The number of benzene rings is 1. The molecule has 0 amide bonds. The summed E-state index contributed by atoms with van der Waals surface area (Å²) in [6.07, 6.45) is 7.47. The molecule has 3 heterocycles. The van der Waals surface area contributed by atoms with Crippen molar-refractivity contribution >= 4 is 16.9 Å². The van der Waals surface area contributed by atoms with E-state index < -0.39 is 5.97 Å². The fourth-order valence-electron chi connectivity index (χ4n) is 6.54. The Morgan fingerprint density at radius 2 is 1.80 bits per heavy atom. The van der Waals surface area contributed by atoms with Crippen LogP contribution in [0.2, 0.25) is 0 Å². The second-order valence-corrected chi connectivity index (χ2v) is 9.98. The Morgan fingerprint density at radius 3 is 2.47 bits per heavy atom. The normalized spacial score (nSPS) is 27.8. The molecule has 0 radical (unpaired) electrons. The molecule has 2 aliphatic heterocycles. The van der Waals surface area contributed by atoms with E-state index in [4.69, 9.17) is 4.74 Å². The number of aromatic nitrogens is 1. The first-order valence-electron chi connectivity index (χ1n) is 11.6. The van der Waals surface area contributed by atoms with Gasteiger partial charge in [0.2, 0.25) is 0 Å². The first-order chi connectivity index (χ1) is 14.5. The van der Waals surface area contributed by atoms with Crippen LogP contribution in [0, 0.1) is 18.3 Å². The number of aromatic carboxylic acids is 1. The van der Waals surface area contributed by atoms with Gasteiger partial charge in [-0.3, -0.25) is 4.90 Å². The van der Waals surface area contributed by atoms with Gasteiger partial charge in [-0.1, -0.05) is 18.2 Å². The molecule has 1 atom stereocenters. The number of likely N-dealkylation sites (tertiary alicyclic amines) is 1. The molecule has 1 N–H and O–H groups in total. The molecule has 1 saturated carbocycles. The van der Waals surface area contributed by atoms with Gasteiger partial charge in [0, 0.05) is 60.4 Å². The quantitative estimate of drug-likeness (QED) is 0.780. The standard InChI is InChI=1S/C25H34N2O3/c1-17(27-18(2)23(24(28)29)21-5-3-4-6-22(21)27)19-7-9-20(10-8-19)26-15-25(16-26)11-13-30-14-12-25/h3-6,17,19-20H,7-16H2,1-2H3,(H,28,29)/t17-,19?,20?/m1/s1. The fourth-order valence-corrected chi connectivity index (χ4v) is 6.54. The predicted molar refractivity (Wildman–Crippen MR) is 118 cm³/mol. The lowest BCUT2D eigenvalue weighted by Gasteiger charge is -2.56. The van der Waals surface area contributed by atoms with Gasteiger partial charge in [-0.15, -0.1) is 0 Å². The van der Waals surface area contributed by atoms with E-state index in [1.165, 1.54) is 51.6 Å². The lowest BCUT2D eigenvalue weighted by atomic mass is 9.71. The molecule has 5 nitrogen and oxygen atoms in total. The van der Waals surface area contributed by atoms with Crippen LogP contribution in [-0.4, -0.2) is 52.9 Å². The van der Waals surface area contributed by atoms with Crippen LogP contribution < -0.4 is 0 Å². The monoisotopic (exact) mass is 410 g/mol. The van der Waals surface area contributed by atoms with Crippen LogP contribution in [0.1, 0.15) is 67.5 Å².